The molecule has 0 amide bonds. The maximum Gasteiger partial charge on any atom is 0.108 e. The van der Waals surface area contributed by atoms with Crippen molar-refractivity contribution in [1.29, 1.82) is 5.26 Å². The van der Waals surface area contributed by atoms with Crippen molar-refractivity contribution < 1.29 is 0 Å². The lowest BCUT2D eigenvalue weighted by Gasteiger charge is -2.23. The Kier molecular flexibility index (Phi) is 4.92. The maximum atomic E-state index is 8.94. The van der Waals surface area contributed by atoms with Crippen molar-refractivity contribution in [2.45, 2.75) is 45.2 Å². The van der Waals surface area contributed by atoms with E-state index in [1.54, 1.807) is 0 Å². The van der Waals surface area contributed by atoms with E-state index in [1.165, 1.54) is 19.3 Å². The standard InChI is InChI=1S/C11H21N3/c1-3-7-14(11-5-6-11)9-10(8-12)13-4-2/h10-11,13H,3-7,9H2,1-2H3. The highest BCUT2D eigenvalue weighted by Crippen LogP contribution is 2.26. The van der Waals surface area contributed by atoms with Gasteiger partial charge in [0, 0.05) is 12.6 Å². The molecule has 0 spiro atoms. The van der Waals surface area contributed by atoms with Gasteiger partial charge in [-0.25, -0.2) is 0 Å². The summed E-state index contributed by atoms with van der Waals surface area (Å²) >= 11 is 0. The Morgan fingerprint density at radius 2 is 2.21 bits per heavy atom. The van der Waals surface area contributed by atoms with Crippen molar-refractivity contribution in [3.8, 4) is 6.07 Å². The first-order valence-electron chi connectivity index (χ1n) is 5.68. The van der Waals surface area contributed by atoms with E-state index >= 15 is 0 Å². The number of nitrogens with zero attached hydrogens (tertiary/aromatic N) is 2. The summed E-state index contributed by atoms with van der Waals surface area (Å²) < 4.78 is 0. The maximum absolute atomic E-state index is 8.94. The Bertz CT molecular complexity index is 193. The van der Waals surface area contributed by atoms with E-state index in [2.05, 4.69) is 23.2 Å². The van der Waals surface area contributed by atoms with Gasteiger partial charge in [0.05, 0.1) is 6.07 Å². The predicted molar refractivity (Wildman–Crippen MR) is 58.0 cm³/mol. The van der Waals surface area contributed by atoms with Crippen molar-refractivity contribution in [2.75, 3.05) is 19.6 Å². The van der Waals surface area contributed by atoms with Crippen LogP contribution in [0.2, 0.25) is 0 Å². The highest BCUT2D eigenvalue weighted by Gasteiger charge is 2.29. The van der Waals surface area contributed by atoms with Gasteiger partial charge in [-0.1, -0.05) is 13.8 Å². The molecule has 1 atom stereocenters. The van der Waals surface area contributed by atoms with Crippen LogP contribution in [0.5, 0.6) is 0 Å². The molecule has 0 aromatic heterocycles. The molecule has 1 rings (SSSR count). The molecule has 0 heterocycles. The summed E-state index contributed by atoms with van der Waals surface area (Å²) in [5, 5.41) is 12.1. The fourth-order valence-electron chi connectivity index (χ4n) is 1.78. The van der Waals surface area contributed by atoms with Gasteiger partial charge < -0.3 is 5.32 Å². The zero-order valence-corrected chi connectivity index (χ0v) is 9.29. The minimum absolute atomic E-state index is 0.00662. The third kappa shape index (κ3) is 3.65. The lowest BCUT2D eigenvalue weighted by Crippen LogP contribution is -2.41. The largest absolute Gasteiger partial charge is 0.301 e. The molecule has 0 aliphatic heterocycles. The highest BCUT2D eigenvalue weighted by molar-refractivity contribution is 4.95. The Hall–Kier alpha value is -0.590. The molecule has 0 saturated heterocycles. The Labute approximate surface area is 87.1 Å². The first-order chi connectivity index (χ1) is 6.81. The minimum Gasteiger partial charge on any atom is -0.301 e. The van der Waals surface area contributed by atoms with E-state index in [4.69, 9.17) is 5.26 Å². The monoisotopic (exact) mass is 195 g/mol. The molecule has 1 fully saturated rings. The van der Waals surface area contributed by atoms with Crippen LogP contribution in [0.25, 0.3) is 0 Å². The van der Waals surface area contributed by atoms with Crippen LogP contribution in [0.4, 0.5) is 0 Å². The summed E-state index contributed by atoms with van der Waals surface area (Å²) in [5.74, 6) is 0. The van der Waals surface area contributed by atoms with Crippen LogP contribution < -0.4 is 5.32 Å². The van der Waals surface area contributed by atoms with Gasteiger partial charge >= 0.3 is 0 Å². The van der Waals surface area contributed by atoms with Crippen molar-refractivity contribution in [1.82, 2.24) is 10.2 Å². The number of likely N-dealkylation sites (N-methyl/N-ethyl adjacent to an activating group) is 1. The SMILES string of the molecule is CCCN(CC(C#N)NCC)C1CC1. The fraction of sp³-hybridized carbons (Fsp3) is 0.909. The number of hydrogen-bond donors (Lipinski definition) is 1. The molecule has 80 valence electrons. The molecule has 1 aliphatic carbocycles. The second-order valence-electron chi connectivity index (χ2n) is 3.97. The van der Waals surface area contributed by atoms with Gasteiger partial charge in [-0.2, -0.15) is 5.26 Å². The van der Waals surface area contributed by atoms with Crippen LogP contribution in [0, 0.1) is 11.3 Å². The van der Waals surface area contributed by atoms with Crippen LogP contribution >= 0.6 is 0 Å². The van der Waals surface area contributed by atoms with Crippen molar-refractivity contribution in [3.63, 3.8) is 0 Å². The van der Waals surface area contributed by atoms with Crippen LogP contribution in [0.3, 0.4) is 0 Å². The molecular weight excluding hydrogens is 174 g/mol. The second-order valence-corrected chi connectivity index (χ2v) is 3.97. The van der Waals surface area contributed by atoms with Crippen LogP contribution in [0.15, 0.2) is 0 Å². The zero-order chi connectivity index (χ0) is 10.4. The van der Waals surface area contributed by atoms with E-state index in [0.717, 1.165) is 25.7 Å². The van der Waals surface area contributed by atoms with Gasteiger partial charge in [0.15, 0.2) is 0 Å². The van der Waals surface area contributed by atoms with Gasteiger partial charge in [0.2, 0.25) is 0 Å². The molecular formula is C11H21N3. The molecule has 0 aromatic carbocycles. The first-order valence-corrected chi connectivity index (χ1v) is 5.68. The molecule has 1 N–H and O–H groups in total. The quantitative estimate of drug-likeness (QED) is 0.666. The number of hydrogen-bond acceptors (Lipinski definition) is 3. The van der Waals surface area contributed by atoms with Gasteiger partial charge in [-0.15, -0.1) is 0 Å². The molecule has 3 heteroatoms. The van der Waals surface area contributed by atoms with Crippen LogP contribution in [0.1, 0.15) is 33.1 Å². The Morgan fingerprint density at radius 3 is 2.64 bits per heavy atom. The van der Waals surface area contributed by atoms with Gasteiger partial charge in [-0.05, 0) is 32.4 Å². The van der Waals surface area contributed by atoms with Gasteiger partial charge in [0.1, 0.15) is 6.04 Å². The van der Waals surface area contributed by atoms with Crippen molar-refractivity contribution in [3.05, 3.63) is 0 Å². The van der Waals surface area contributed by atoms with E-state index in [-0.39, 0.29) is 6.04 Å². The fourth-order valence-corrected chi connectivity index (χ4v) is 1.78. The van der Waals surface area contributed by atoms with E-state index in [0.29, 0.717) is 0 Å². The third-order valence-electron chi connectivity index (χ3n) is 2.60. The van der Waals surface area contributed by atoms with Crippen LogP contribution in [-0.2, 0) is 0 Å². The van der Waals surface area contributed by atoms with Crippen molar-refractivity contribution >= 4 is 0 Å². The first kappa shape index (κ1) is 11.5. The van der Waals surface area contributed by atoms with Crippen LogP contribution in [-0.4, -0.2) is 36.6 Å². The second kappa shape index (κ2) is 6.00. The molecule has 1 aliphatic rings. The van der Waals surface area contributed by atoms with Gasteiger partial charge in [0.25, 0.3) is 0 Å². The van der Waals surface area contributed by atoms with E-state index < -0.39 is 0 Å². The predicted octanol–water partition coefficient (Wildman–Crippen LogP) is 1.36. The van der Waals surface area contributed by atoms with E-state index in [1.807, 2.05) is 6.92 Å². The summed E-state index contributed by atoms with van der Waals surface area (Å²) in [5.41, 5.74) is 0. The lowest BCUT2D eigenvalue weighted by molar-refractivity contribution is 0.249. The number of nitriles is 1. The van der Waals surface area contributed by atoms with Gasteiger partial charge in [-0.3, -0.25) is 4.90 Å². The lowest BCUT2D eigenvalue weighted by atomic mass is 10.2. The average molecular weight is 195 g/mol. The zero-order valence-electron chi connectivity index (χ0n) is 9.29. The Balaban J connectivity index is 2.32. The smallest absolute Gasteiger partial charge is 0.108 e. The van der Waals surface area contributed by atoms with E-state index in [9.17, 15) is 0 Å². The topological polar surface area (TPSA) is 39.1 Å². The summed E-state index contributed by atoms with van der Waals surface area (Å²) in [6.45, 7) is 7.15. The minimum atomic E-state index is 0.00662. The average Bonchev–Trinajstić information content (AvgIpc) is 2.99. The van der Waals surface area contributed by atoms with Crippen molar-refractivity contribution in [2.24, 2.45) is 0 Å². The molecule has 0 aromatic rings. The molecule has 1 unspecified atom stereocenters. The normalized spacial score (nSPS) is 18.1. The third-order valence-corrected chi connectivity index (χ3v) is 2.60. The highest BCUT2D eigenvalue weighted by atomic mass is 15.2. The molecule has 0 bridgehead atoms. The summed E-state index contributed by atoms with van der Waals surface area (Å²) in [7, 11) is 0. The molecule has 3 nitrogen and oxygen atoms in total. The summed E-state index contributed by atoms with van der Waals surface area (Å²) in [6.07, 6.45) is 3.83. The number of nitrogens with one attached hydrogen (secondary N) is 1. The Morgan fingerprint density at radius 1 is 1.50 bits per heavy atom. The summed E-state index contributed by atoms with van der Waals surface area (Å²) in [6, 6.07) is 3.10. The number of rotatable bonds is 7. The molecule has 14 heavy (non-hydrogen) atoms. The summed E-state index contributed by atoms with van der Waals surface area (Å²) in [4.78, 5) is 2.45. The molecule has 0 radical (unpaired) electrons. The molecule has 1 saturated carbocycles.